The molecule has 1 aliphatic rings. The van der Waals surface area contributed by atoms with E-state index in [1.807, 2.05) is 59.4 Å². The molecule has 0 atom stereocenters. The average molecular weight is 451 g/mol. The number of hydrogen-bond donors (Lipinski definition) is 1. The van der Waals surface area contributed by atoms with Gasteiger partial charge in [0.05, 0.1) is 12.1 Å². The first-order chi connectivity index (χ1) is 16.7. The third kappa shape index (κ3) is 5.43. The number of benzene rings is 3. The molecule has 1 N–H and O–H groups in total. The lowest BCUT2D eigenvalue weighted by molar-refractivity contribution is 0.0909. The summed E-state index contributed by atoms with van der Waals surface area (Å²) in [6.07, 6.45) is 3.80. The summed E-state index contributed by atoms with van der Waals surface area (Å²) < 4.78 is 1.87. The zero-order chi connectivity index (χ0) is 23.2. The Bertz CT molecular complexity index is 1200. The van der Waals surface area contributed by atoms with Crippen LogP contribution in [0, 0.1) is 0 Å². The maximum atomic E-state index is 13.4. The summed E-state index contributed by atoms with van der Waals surface area (Å²) in [6, 6.07) is 30.9. The normalized spacial score (nSPS) is 14.7. The highest BCUT2D eigenvalue weighted by Crippen LogP contribution is 2.23. The van der Waals surface area contributed by atoms with Crippen molar-refractivity contribution in [3.8, 4) is 11.3 Å². The van der Waals surface area contributed by atoms with Crippen molar-refractivity contribution in [2.24, 2.45) is 0 Å². The third-order valence-electron chi connectivity index (χ3n) is 6.41. The summed E-state index contributed by atoms with van der Waals surface area (Å²) in [7, 11) is 0. The Hall–Kier alpha value is -3.70. The van der Waals surface area contributed by atoms with Gasteiger partial charge in [-0.3, -0.25) is 14.4 Å². The number of carbonyl (C=O) groups is 1. The molecule has 172 valence electrons. The maximum absolute atomic E-state index is 13.4. The summed E-state index contributed by atoms with van der Waals surface area (Å²) in [6.45, 7) is 3.56. The maximum Gasteiger partial charge on any atom is 0.255 e. The molecular formula is C29H30N4O. The van der Waals surface area contributed by atoms with E-state index in [-0.39, 0.29) is 11.9 Å². The number of rotatable bonds is 7. The van der Waals surface area contributed by atoms with Crippen molar-refractivity contribution >= 4 is 5.91 Å². The van der Waals surface area contributed by atoms with Gasteiger partial charge in [-0.1, -0.05) is 91.0 Å². The van der Waals surface area contributed by atoms with Gasteiger partial charge < -0.3 is 5.32 Å². The molecule has 5 rings (SSSR count). The Labute approximate surface area is 201 Å². The minimum Gasteiger partial charge on any atom is -0.349 e. The van der Waals surface area contributed by atoms with Crippen molar-refractivity contribution in [2.75, 3.05) is 13.1 Å². The first kappa shape index (κ1) is 22.1. The molecule has 0 aliphatic carbocycles. The van der Waals surface area contributed by atoms with E-state index < -0.39 is 0 Å². The molecule has 4 aromatic rings. The Kier molecular flexibility index (Phi) is 6.82. The molecule has 0 spiro atoms. The molecule has 5 nitrogen and oxygen atoms in total. The van der Waals surface area contributed by atoms with E-state index in [4.69, 9.17) is 5.10 Å². The van der Waals surface area contributed by atoms with E-state index in [0.717, 1.165) is 49.3 Å². The summed E-state index contributed by atoms with van der Waals surface area (Å²) in [5, 5.41) is 8.08. The topological polar surface area (TPSA) is 50.2 Å². The van der Waals surface area contributed by atoms with Crippen LogP contribution in [0.3, 0.4) is 0 Å². The van der Waals surface area contributed by atoms with Crippen LogP contribution in [0.1, 0.15) is 34.3 Å². The molecule has 34 heavy (non-hydrogen) atoms. The van der Waals surface area contributed by atoms with Crippen molar-refractivity contribution in [3.63, 3.8) is 0 Å². The van der Waals surface area contributed by atoms with Gasteiger partial charge in [0.25, 0.3) is 5.91 Å². The standard InChI is InChI=1S/C29H30N4O/c34-29(30-26-16-18-32(19-17-26)20-23-10-4-1-5-11-23)27-22-33(21-24-12-6-2-7-13-24)31-28(27)25-14-8-3-9-15-25/h1-15,22,26H,16-21H2,(H,30,34). The summed E-state index contributed by atoms with van der Waals surface area (Å²) in [5.41, 5.74) is 4.81. The number of nitrogens with zero attached hydrogens (tertiary/aromatic N) is 3. The second kappa shape index (κ2) is 10.5. The highest BCUT2D eigenvalue weighted by Gasteiger charge is 2.24. The van der Waals surface area contributed by atoms with E-state index in [0.29, 0.717) is 12.1 Å². The van der Waals surface area contributed by atoms with Crippen LogP contribution in [0.2, 0.25) is 0 Å². The minimum absolute atomic E-state index is 0.0420. The van der Waals surface area contributed by atoms with E-state index in [2.05, 4.69) is 52.7 Å². The number of carbonyl (C=O) groups excluding carboxylic acids is 1. The van der Waals surface area contributed by atoms with Crippen LogP contribution < -0.4 is 5.32 Å². The molecule has 1 aliphatic heterocycles. The summed E-state index contributed by atoms with van der Waals surface area (Å²) in [5.74, 6) is -0.0420. The van der Waals surface area contributed by atoms with E-state index >= 15 is 0 Å². The molecule has 1 saturated heterocycles. The molecule has 0 bridgehead atoms. The number of aromatic nitrogens is 2. The monoisotopic (exact) mass is 450 g/mol. The average Bonchev–Trinajstić information content (AvgIpc) is 3.31. The Balaban J connectivity index is 1.27. The molecule has 1 amide bonds. The predicted octanol–water partition coefficient (Wildman–Crippen LogP) is 4.99. The van der Waals surface area contributed by atoms with Gasteiger partial charge in [0.2, 0.25) is 0 Å². The first-order valence-electron chi connectivity index (χ1n) is 12.0. The van der Waals surface area contributed by atoms with Gasteiger partial charge in [-0.2, -0.15) is 5.10 Å². The lowest BCUT2D eigenvalue weighted by Crippen LogP contribution is -2.44. The van der Waals surface area contributed by atoms with Crippen LogP contribution in [0.5, 0.6) is 0 Å². The molecule has 2 heterocycles. The fourth-order valence-corrected chi connectivity index (χ4v) is 4.59. The van der Waals surface area contributed by atoms with Gasteiger partial charge in [-0.05, 0) is 24.0 Å². The lowest BCUT2D eigenvalue weighted by Gasteiger charge is -2.32. The number of nitrogens with one attached hydrogen (secondary N) is 1. The fraction of sp³-hybridized carbons (Fsp3) is 0.241. The van der Waals surface area contributed by atoms with Crippen LogP contribution >= 0.6 is 0 Å². The zero-order valence-corrected chi connectivity index (χ0v) is 19.3. The number of piperidine rings is 1. The van der Waals surface area contributed by atoms with Crippen LogP contribution in [-0.4, -0.2) is 39.7 Å². The first-order valence-corrected chi connectivity index (χ1v) is 12.0. The molecule has 5 heteroatoms. The van der Waals surface area contributed by atoms with Gasteiger partial charge in [0.1, 0.15) is 5.69 Å². The number of likely N-dealkylation sites (tertiary alicyclic amines) is 1. The Morgan fingerprint density at radius 3 is 1.97 bits per heavy atom. The highest BCUT2D eigenvalue weighted by molar-refractivity contribution is 6.00. The molecule has 0 saturated carbocycles. The van der Waals surface area contributed by atoms with Gasteiger partial charge in [-0.15, -0.1) is 0 Å². The van der Waals surface area contributed by atoms with Crippen LogP contribution in [0.15, 0.2) is 97.2 Å². The molecule has 1 fully saturated rings. The predicted molar refractivity (Wildman–Crippen MR) is 135 cm³/mol. The molecular weight excluding hydrogens is 420 g/mol. The largest absolute Gasteiger partial charge is 0.349 e. The second-order valence-corrected chi connectivity index (χ2v) is 8.95. The van der Waals surface area contributed by atoms with Crippen molar-refractivity contribution in [2.45, 2.75) is 32.0 Å². The SMILES string of the molecule is O=C(NC1CCN(Cc2ccccc2)CC1)c1cn(Cc2ccccc2)nc1-c1ccccc1. The smallest absolute Gasteiger partial charge is 0.255 e. The minimum atomic E-state index is -0.0420. The number of amides is 1. The second-order valence-electron chi connectivity index (χ2n) is 8.95. The fourth-order valence-electron chi connectivity index (χ4n) is 4.59. The van der Waals surface area contributed by atoms with Crippen molar-refractivity contribution < 1.29 is 4.79 Å². The van der Waals surface area contributed by atoms with Crippen LogP contribution in [0.25, 0.3) is 11.3 Å². The van der Waals surface area contributed by atoms with Crippen LogP contribution in [0.4, 0.5) is 0 Å². The molecule has 1 aromatic heterocycles. The van der Waals surface area contributed by atoms with Gasteiger partial charge >= 0.3 is 0 Å². The zero-order valence-electron chi connectivity index (χ0n) is 19.3. The van der Waals surface area contributed by atoms with Gasteiger partial charge in [0.15, 0.2) is 0 Å². The lowest BCUT2D eigenvalue weighted by atomic mass is 10.0. The van der Waals surface area contributed by atoms with E-state index in [1.54, 1.807) is 0 Å². The van der Waals surface area contributed by atoms with Gasteiger partial charge in [-0.25, -0.2) is 0 Å². The van der Waals surface area contributed by atoms with E-state index in [9.17, 15) is 4.79 Å². The van der Waals surface area contributed by atoms with E-state index in [1.165, 1.54) is 5.56 Å². The summed E-state index contributed by atoms with van der Waals surface area (Å²) >= 11 is 0. The van der Waals surface area contributed by atoms with Crippen molar-refractivity contribution in [3.05, 3.63) is 114 Å². The number of hydrogen-bond acceptors (Lipinski definition) is 3. The molecule has 0 unspecified atom stereocenters. The summed E-state index contributed by atoms with van der Waals surface area (Å²) in [4.78, 5) is 15.8. The Morgan fingerprint density at radius 1 is 0.794 bits per heavy atom. The quantitative estimate of drug-likeness (QED) is 0.431. The van der Waals surface area contributed by atoms with Crippen molar-refractivity contribution in [1.29, 1.82) is 0 Å². The van der Waals surface area contributed by atoms with Crippen molar-refractivity contribution in [1.82, 2.24) is 20.0 Å². The highest BCUT2D eigenvalue weighted by atomic mass is 16.1. The third-order valence-corrected chi connectivity index (χ3v) is 6.41. The Morgan fingerprint density at radius 2 is 1.35 bits per heavy atom. The van der Waals surface area contributed by atoms with Crippen LogP contribution in [-0.2, 0) is 13.1 Å². The molecule has 3 aromatic carbocycles. The molecule has 0 radical (unpaired) electrons. The van der Waals surface area contributed by atoms with Gasteiger partial charge in [0, 0.05) is 37.4 Å².